The zero-order chi connectivity index (χ0) is 18.1. The van der Waals surface area contributed by atoms with Crippen molar-refractivity contribution in [3.63, 3.8) is 0 Å². The first-order valence-electron chi connectivity index (χ1n) is 7.54. The van der Waals surface area contributed by atoms with Gasteiger partial charge in [0.1, 0.15) is 11.4 Å². The van der Waals surface area contributed by atoms with Gasteiger partial charge in [-0.15, -0.1) is 0 Å². The Morgan fingerprint density at radius 2 is 1.58 bits per heavy atom. The standard InChI is InChI=1S/C19H20F3NO/c1-12-9-15(18(2,3)4)17(24)16(10-12)23-11-13-5-7-14(8-6-13)19(20,21)22/h5-11,24H,1-4H3. The monoisotopic (exact) mass is 335 g/mol. The third kappa shape index (κ3) is 4.16. The second kappa shape index (κ2) is 6.30. The van der Waals surface area contributed by atoms with Gasteiger partial charge in [-0.25, -0.2) is 0 Å². The van der Waals surface area contributed by atoms with Crippen LogP contribution in [0.4, 0.5) is 18.9 Å². The van der Waals surface area contributed by atoms with Gasteiger partial charge in [0.05, 0.1) is 5.56 Å². The van der Waals surface area contributed by atoms with Crippen molar-refractivity contribution in [2.24, 2.45) is 4.99 Å². The molecule has 1 N–H and O–H groups in total. The van der Waals surface area contributed by atoms with E-state index in [2.05, 4.69) is 4.99 Å². The third-order valence-corrected chi connectivity index (χ3v) is 3.63. The van der Waals surface area contributed by atoms with Gasteiger partial charge in [-0.3, -0.25) is 4.99 Å². The maximum absolute atomic E-state index is 12.6. The van der Waals surface area contributed by atoms with Crippen molar-refractivity contribution < 1.29 is 18.3 Å². The van der Waals surface area contributed by atoms with E-state index in [1.165, 1.54) is 18.3 Å². The molecule has 0 aromatic heterocycles. The Bertz CT molecular complexity index is 754. The third-order valence-electron chi connectivity index (χ3n) is 3.63. The molecule has 5 heteroatoms. The summed E-state index contributed by atoms with van der Waals surface area (Å²) in [7, 11) is 0. The molecule has 0 fully saturated rings. The second-order valence-electron chi connectivity index (χ2n) is 6.81. The summed E-state index contributed by atoms with van der Waals surface area (Å²) in [5.41, 5.74) is 1.72. The molecule has 0 aliphatic rings. The highest BCUT2D eigenvalue weighted by Crippen LogP contribution is 2.38. The molecule has 0 spiro atoms. The number of hydrogen-bond donors (Lipinski definition) is 1. The Labute approximate surface area is 139 Å². The largest absolute Gasteiger partial charge is 0.505 e. The average Bonchev–Trinajstić information content (AvgIpc) is 2.46. The fraction of sp³-hybridized carbons (Fsp3) is 0.316. The zero-order valence-corrected chi connectivity index (χ0v) is 14.1. The first-order chi connectivity index (χ1) is 11.0. The highest BCUT2D eigenvalue weighted by Gasteiger charge is 2.29. The fourth-order valence-electron chi connectivity index (χ4n) is 2.33. The van der Waals surface area contributed by atoms with Crippen molar-refractivity contribution in [2.45, 2.75) is 39.3 Å². The smallest absolute Gasteiger partial charge is 0.416 e. The molecular formula is C19H20F3NO. The lowest BCUT2D eigenvalue weighted by atomic mass is 9.85. The molecule has 0 radical (unpaired) electrons. The molecule has 128 valence electrons. The van der Waals surface area contributed by atoms with Crippen LogP contribution in [0.3, 0.4) is 0 Å². The maximum atomic E-state index is 12.6. The lowest BCUT2D eigenvalue weighted by Crippen LogP contribution is -2.11. The minimum atomic E-state index is -4.36. The number of phenols is 1. The van der Waals surface area contributed by atoms with Crippen LogP contribution in [0.25, 0.3) is 0 Å². The molecule has 2 aromatic carbocycles. The average molecular weight is 335 g/mol. The summed E-state index contributed by atoms with van der Waals surface area (Å²) >= 11 is 0. The van der Waals surface area contributed by atoms with Gasteiger partial charge in [-0.2, -0.15) is 13.2 Å². The SMILES string of the molecule is Cc1cc(N=Cc2ccc(C(F)(F)F)cc2)c(O)c(C(C)(C)C)c1. The van der Waals surface area contributed by atoms with Crippen LogP contribution >= 0.6 is 0 Å². The van der Waals surface area contributed by atoms with Crippen molar-refractivity contribution in [3.8, 4) is 5.75 Å². The van der Waals surface area contributed by atoms with Gasteiger partial charge in [0.15, 0.2) is 0 Å². The van der Waals surface area contributed by atoms with Gasteiger partial charge in [0, 0.05) is 11.8 Å². The van der Waals surface area contributed by atoms with Crippen molar-refractivity contribution >= 4 is 11.9 Å². The lowest BCUT2D eigenvalue weighted by Gasteiger charge is -2.21. The summed E-state index contributed by atoms with van der Waals surface area (Å²) in [6.45, 7) is 7.88. The van der Waals surface area contributed by atoms with E-state index in [0.717, 1.165) is 23.3 Å². The molecule has 2 rings (SSSR count). The predicted octanol–water partition coefficient (Wildman–Crippen LogP) is 5.77. The number of phenolic OH excluding ortho intramolecular Hbond substituents is 1. The van der Waals surface area contributed by atoms with Crippen LogP contribution in [0.15, 0.2) is 41.4 Å². The topological polar surface area (TPSA) is 32.6 Å². The molecule has 24 heavy (non-hydrogen) atoms. The summed E-state index contributed by atoms with van der Waals surface area (Å²) in [5.74, 6) is 0.0938. The number of aromatic hydroxyl groups is 1. The number of rotatable bonds is 2. The summed E-state index contributed by atoms with van der Waals surface area (Å²) in [6, 6.07) is 8.38. The molecule has 0 saturated carbocycles. The van der Waals surface area contributed by atoms with Crippen molar-refractivity contribution in [1.82, 2.24) is 0 Å². The number of benzene rings is 2. The van der Waals surface area contributed by atoms with Crippen molar-refractivity contribution in [1.29, 1.82) is 0 Å². The normalized spacial score (nSPS) is 12.8. The highest BCUT2D eigenvalue weighted by atomic mass is 19.4. The molecule has 0 bridgehead atoms. The van der Waals surface area contributed by atoms with E-state index in [1.807, 2.05) is 33.8 Å². The van der Waals surface area contributed by atoms with E-state index in [1.54, 1.807) is 6.07 Å². The lowest BCUT2D eigenvalue weighted by molar-refractivity contribution is -0.137. The Morgan fingerprint density at radius 3 is 2.08 bits per heavy atom. The molecule has 0 unspecified atom stereocenters. The van der Waals surface area contributed by atoms with Crippen LogP contribution in [0, 0.1) is 6.92 Å². The molecule has 0 amide bonds. The van der Waals surface area contributed by atoms with E-state index < -0.39 is 11.7 Å². The Hall–Kier alpha value is -2.30. The number of aryl methyl sites for hydroxylation is 1. The van der Waals surface area contributed by atoms with Gasteiger partial charge < -0.3 is 5.11 Å². The predicted molar refractivity (Wildman–Crippen MR) is 90.2 cm³/mol. The number of aliphatic imine (C=N–C) groups is 1. The fourth-order valence-corrected chi connectivity index (χ4v) is 2.33. The summed E-state index contributed by atoms with van der Waals surface area (Å²) < 4.78 is 37.7. The van der Waals surface area contributed by atoms with Gasteiger partial charge in [-0.1, -0.05) is 39.0 Å². The maximum Gasteiger partial charge on any atom is 0.416 e. The molecule has 0 atom stereocenters. The minimum absolute atomic E-state index is 0.0938. The highest BCUT2D eigenvalue weighted by molar-refractivity contribution is 5.83. The Balaban J connectivity index is 2.34. The van der Waals surface area contributed by atoms with E-state index in [0.29, 0.717) is 11.3 Å². The molecule has 2 nitrogen and oxygen atoms in total. The minimum Gasteiger partial charge on any atom is -0.505 e. The molecular weight excluding hydrogens is 315 g/mol. The number of alkyl halides is 3. The number of halogens is 3. The Kier molecular flexibility index (Phi) is 4.74. The molecule has 2 aromatic rings. The molecule has 0 heterocycles. The van der Waals surface area contributed by atoms with Gasteiger partial charge in [-0.05, 0) is 41.7 Å². The van der Waals surface area contributed by atoms with E-state index in [9.17, 15) is 18.3 Å². The van der Waals surface area contributed by atoms with Crippen LogP contribution in [-0.4, -0.2) is 11.3 Å². The number of nitrogens with zero attached hydrogens (tertiary/aromatic N) is 1. The van der Waals surface area contributed by atoms with Crippen LogP contribution < -0.4 is 0 Å². The zero-order valence-electron chi connectivity index (χ0n) is 14.1. The Morgan fingerprint density at radius 1 is 1.00 bits per heavy atom. The number of hydrogen-bond acceptors (Lipinski definition) is 2. The van der Waals surface area contributed by atoms with Crippen LogP contribution in [0.5, 0.6) is 5.75 Å². The van der Waals surface area contributed by atoms with Crippen LogP contribution in [0.2, 0.25) is 0 Å². The summed E-state index contributed by atoms with van der Waals surface area (Å²) in [5, 5.41) is 10.4. The molecule has 0 aliphatic heterocycles. The van der Waals surface area contributed by atoms with E-state index in [-0.39, 0.29) is 11.2 Å². The molecule has 0 aliphatic carbocycles. The quantitative estimate of drug-likeness (QED) is 0.695. The van der Waals surface area contributed by atoms with Crippen LogP contribution in [-0.2, 0) is 11.6 Å². The van der Waals surface area contributed by atoms with Crippen molar-refractivity contribution in [3.05, 3.63) is 58.7 Å². The van der Waals surface area contributed by atoms with E-state index >= 15 is 0 Å². The first kappa shape index (κ1) is 18.0. The van der Waals surface area contributed by atoms with E-state index in [4.69, 9.17) is 0 Å². The van der Waals surface area contributed by atoms with Crippen LogP contribution in [0.1, 0.15) is 43.0 Å². The van der Waals surface area contributed by atoms with Crippen molar-refractivity contribution in [2.75, 3.05) is 0 Å². The first-order valence-corrected chi connectivity index (χ1v) is 7.54. The molecule has 0 saturated heterocycles. The second-order valence-corrected chi connectivity index (χ2v) is 6.81. The summed E-state index contributed by atoms with van der Waals surface area (Å²) in [6.07, 6.45) is -2.91. The van der Waals surface area contributed by atoms with Gasteiger partial charge in [0.2, 0.25) is 0 Å². The van der Waals surface area contributed by atoms with Gasteiger partial charge >= 0.3 is 6.18 Å². The summed E-state index contributed by atoms with van der Waals surface area (Å²) in [4.78, 5) is 4.25. The van der Waals surface area contributed by atoms with Gasteiger partial charge in [0.25, 0.3) is 0 Å².